The van der Waals surface area contributed by atoms with Gasteiger partial charge in [-0.15, -0.1) is 11.3 Å². The number of rotatable bonds is 4. The van der Waals surface area contributed by atoms with Gasteiger partial charge < -0.3 is 10.9 Å². The molecule has 0 amide bonds. The Kier molecular flexibility index (Phi) is 4.82. The number of nitrogens with zero attached hydrogens (tertiary/aromatic N) is 3. The maximum absolute atomic E-state index is 8.53. The Morgan fingerprint density at radius 2 is 2.00 bits per heavy atom. The van der Waals surface area contributed by atoms with Gasteiger partial charge in [0.05, 0.1) is 10.9 Å². The van der Waals surface area contributed by atoms with E-state index in [4.69, 9.17) is 22.5 Å². The molecule has 0 aliphatic carbocycles. The molecule has 3 N–H and O–H groups in total. The van der Waals surface area contributed by atoms with Crippen LogP contribution < -0.4 is 5.73 Å². The first-order chi connectivity index (χ1) is 8.67. The van der Waals surface area contributed by atoms with Gasteiger partial charge in [-0.25, -0.2) is 0 Å². The highest BCUT2D eigenvalue weighted by Crippen LogP contribution is 2.23. The maximum Gasteiger partial charge on any atom is 0.153 e. The molecular formula is C11H17ClN4OS. The second kappa shape index (κ2) is 6.38. The number of hydrogen-bond donors (Lipinski definition) is 2. The fourth-order valence-electron chi connectivity index (χ4n) is 2.02. The van der Waals surface area contributed by atoms with Gasteiger partial charge in [0.15, 0.2) is 5.84 Å². The Bertz CT molecular complexity index is 415. The average Bonchev–Trinajstić information content (AvgIpc) is 2.77. The second-order valence-electron chi connectivity index (χ2n) is 4.35. The Morgan fingerprint density at radius 1 is 1.33 bits per heavy atom. The largest absolute Gasteiger partial charge is 0.409 e. The van der Waals surface area contributed by atoms with Crippen LogP contribution in [0.15, 0.2) is 17.3 Å². The quantitative estimate of drug-likeness (QED) is 0.379. The SMILES string of the molecule is NC(CN1CCN(Cc2ccc(Cl)s2)CC1)=NO. The lowest BCUT2D eigenvalue weighted by Crippen LogP contribution is -2.48. The lowest BCUT2D eigenvalue weighted by Gasteiger charge is -2.34. The van der Waals surface area contributed by atoms with E-state index in [0.29, 0.717) is 6.54 Å². The van der Waals surface area contributed by atoms with Crippen molar-refractivity contribution in [1.82, 2.24) is 9.80 Å². The third-order valence-corrected chi connectivity index (χ3v) is 4.20. The lowest BCUT2D eigenvalue weighted by molar-refractivity contribution is 0.140. The topological polar surface area (TPSA) is 65.1 Å². The molecule has 0 bridgehead atoms. The van der Waals surface area contributed by atoms with Crippen molar-refractivity contribution < 1.29 is 5.21 Å². The first kappa shape index (κ1) is 13.6. The van der Waals surface area contributed by atoms with E-state index >= 15 is 0 Å². The highest BCUT2D eigenvalue weighted by atomic mass is 35.5. The van der Waals surface area contributed by atoms with Crippen molar-refractivity contribution in [2.45, 2.75) is 6.54 Å². The molecule has 0 saturated carbocycles. The molecule has 2 rings (SSSR count). The lowest BCUT2D eigenvalue weighted by atomic mass is 10.3. The predicted octanol–water partition coefficient (Wildman–Crippen LogP) is 1.27. The molecule has 0 aromatic carbocycles. The van der Waals surface area contributed by atoms with Crippen LogP contribution in [0.3, 0.4) is 0 Å². The molecule has 1 fully saturated rings. The molecule has 0 atom stereocenters. The van der Waals surface area contributed by atoms with Gasteiger partial charge in [0.2, 0.25) is 0 Å². The summed E-state index contributed by atoms with van der Waals surface area (Å²) in [7, 11) is 0. The van der Waals surface area contributed by atoms with Gasteiger partial charge in [-0.2, -0.15) is 0 Å². The van der Waals surface area contributed by atoms with Crippen LogP contribution >= 0.6 is 22.9 Å². The summed E-state index contributed by atoms with van der Waals surface area (Å²) >= 11 is 7.55. The molecule has 0 radical (unpaired) electrons. The molecule has 1 aromatic rings. The number of halogens is 1. The minimum Gasteiger partial charge on any atom is -0.409 e. The van der Waals surface area contributed by atoms with Crippen molar-refractivity contribution in [3.05, 3.63) is 21.3 Å². The van der Waals surface area contributed by atoms with Gasteiger partial charge in [0, 0.05) is 37.6 Å². The van der Waals surface area contributed by atoms with Crippen LogP contribution in [-0.2, 0) is 6.54 Å². The number of piperazine rings is 1. The highest BCUT2D eigenvalue weighted by Gasteiger charge is 2.18. The van der Waals surface area contributed by atoms with Gasteiger partial charge in [0.25, 0.3) is 0 Å². The fourth-order valence-corrected chi connectivity index (χ4v) is 3.15. The van der Waals surface area contributed by atoms with E-state index in [0.717, 1.165) is 37.1 Å². The van der Waals surface area contributed by atoms with Crippen molar-refractivity contribution in [1.29, 1.82) is 0 Å². The standard InChI is InChI=1S/C11H17ClN4OS/c12-10-2-1-9(18-10)7-15-3-5-16(6-4-15)8-11(13)14-17/h1-2,17H,3-8H2,(H2,13,14). The molecule has 1 aliphatic rings. The van der Waals surface area contributed by atoms with Gasteiger partial charge in [-0.05, 0) is 12.1 Å². The van der Waals surface area contributed by atoms with Gasteiger partial charge in [-0.3, -0.25) is 9.80 Å². The normalized spacial score (nSPS) is 19.3. The van der Waals surface area contributed by atoms with Gasteiger partial charge >= 0.3 is 0 Å². The summed E-state index contributed by atoms with van der Waals surface area (Å²) in [6, 6.07) is 4.02. The van der Waals surface area contributed by atoms with Crippen molar-refractivity contribution in [2.75, 3.05) is 32.7 Å². The van der Waals surface area contributed by atoms with Gasteiger partial charge in [0.1, 0.15) is 0 Å². The zero-order chi connectivity index (χ0) is 13.0. The van der Waals surface area contributed by atoms with Crippen molar-refractivity contribution >= 4 is 28.8 Å². The van der Waals surface area contributed by atoms with E-state index in [9.17, 15) is 0 Å². The minimum atomic E-state index is 0.272. The second-order valence-corrected chi connectivity index (χ2v) is 6.15. The summed E-state index contributed by atoms with van der Waals surface area (Å²) in [5.74, 6) is 0.272. The first-order valence-corrected chi connectivity index (χ1v) is 7.02. The van der Waals surface area contributed by atoms with Crippen molar-refractivity contribution in [3.8, 4) is 0 Å². The molecule has 1 aromatic heterocycles. The monoisotopic (exact) mass is 288 g/mol. The Morgan fingerprint density at radius 3 is 2.56 bits per heavy atom. The van der Waals surface area contributed by atoms with Crippen LogP contribution in [0.25, 0.3) is 0 Å². The third kappa shape index (κ3) is 3.84. The van der Waals surface area contributed by atoms with E-state index in [1.165, 1.54) is 4.88 Å². The van der Waals surface area contributed by atoms with Crippen LogP contribution in [0, 0.1) is 0 Å². The molecular weight excluding hydrogens is 272 g/mol. The summed E-state index contributed by atoms with van der Waals surface area (Å²) in [5.41, 5.74) is 5.50. The molecule has 1 aliphatic heterocycles. The summed E-state index contributed by atoms with van der Waals surface area (Å²) < 4.78 is 0.843. The van der Waals surface area contributed by atoms with Crippen molar-refractivity contribution in [2.24, 2.45) is 10.9 Å². The third-order valence-electron chi connectivity index (χ3n) is 2.99. The molecule has 1 saturated heterocycles. The van der Waals surface area contributed by atoms with Crippen LogP contribution in [0.2, 0.25) is 4.34 Å². The van der Waals surface area contributed by atoms with E-state index in [2.05, 4.69) is 21.0 Å². The maximum atomic E-state index is 8.53. The highest BCUT2D eigenvalue weighted by molar-refractivity contribution is 7.16. The number of hydrogen-bond acceptors (Lipinski definition) is 5. The zero-order valence-electron chi connectivity index (χ0n) is 10.0. The summed E-state index contributed by atoms with van der Waals surface area (Å²) in [5, 5.41) is 11.5. The molecule has 2 heterocycles. The van der Waals surface area contributed by atoms with Crippen LogP contribution in [0.4, 0.5) is 0 Å². The number of amidine groups is 1. The summed E-state index contributed by atoms with van der Waals surface area (Å²) in [6.45, 7) is 5.36. The molecule has 0 spiro atoms. The summed E-state index contributed by atoms with van der Waals surface area (Å²) in [4.78, 5) is 5.88. The van der Waals surface area contributed by atoms with Crippen LogP contribution in [0.1, 0.15) is 4.88 Å². The minimum absolute atomic E-state index is 0.272. The number of oxime groups is 1. The predicted molar refractivity (Wildman–Crippen MR) is 74.5 cm³/mol. The Labute approximate surface area is 115 Å². The van der Waals surface area contributed by atoms with Crippen LogP contribution in [0.5, 0.6) is 0 Å². The van der Waals surface area contributed by atoms with E-state index < -0.39 is 0 Å². The van der Waals surface area contributed by atoms with E-state index in [1.54, 1.807) is 11.3 Å². The zero-order valence-corrected chi connectivity index (χ0v) is 11.6. The van der Waals surface area contributed by atoms with Crippen molar-refractivity contribution in [3.63, 3.8) is 0 Å². The molecule has 18 heavy (non-hydrogen) atoms. The molecule has 100 valence electrons. The van der Waals surface area contributed by atoms with Crippen LogP contribution in [-0.4, -0.2) is 53.6 Å². The van der Waals surface area contributed by atoms with E-state index in [-0.39, 0.29) is 5.84 Å². The number of thiophene rings is 1. The first-order valence-electron chi connectivity index (χ1n) is 5.82. The Balaban J connectivity index is 1.76. The number of nitrogens with two attached hydrogens (primary N) is 1. The summed E-state index contributed by atoms with van der Waals surface area (Å²) in [6.07, 6.45) is 0. The Hall–Kier alpha value is -0.820. The molecule has 7 heteroatoms. The fraction of sp³-hybridized carbons (Fsp3) is 0.545. The smallest absolute Gasteiger partial charge is 0.153 e. The molecule has 0 unspecified atom stereocenters. The van der Waals surface area contributed by atoms with E-state index in [1.807, 2.05) is 6.07 Å². The molecule has 5 nitrogen and oxygen atoms in total. The van der Waals surface area contributed by atoms with Gasteiger partial charge in [-0.1, -0.05) is 16.8 Å². The average molecular weight is 289 g/mol.